The zero-order chi connectivity index (χ0) is 22.1. The highest BCUT2D eigenvalue weighted by Gasteiger charge is 2.22. The number of aryl methyl sites for hydroxylation is 2. The molecule has 5 rings (SSSR count). The smallest absolute Gasteiger partial charge is 0.258 e. The number of anilines is 1. The maximum Gasteiger partial charge on any atom is 0.258 e. The fraction of sp³-hybridized carbons (Fsp3) is 0.304. The van der Waals surface area contributed by atoms with Gasteiger partial charge in [0.25, 0.3) is 5.56 Å². The first-order chi connectivity index (χ1) is 15.6. The first kappa shape index (κ1) is 20.7. The summed E-state index contributed by atoms with van der Waals surface area (Å²) in [6.45, 7) is 6.92. The number of ether oxygens (including phenoxy) is 1. The summed E-state index contributed by atoms with van der Waals surface area (Å²) in [5.74, 6) is 1.90. The van der Waals surface area contributed by atoms with Crippen molar-refractivity contribution in [3.8, 4) is 5.69 Å². The second-order valence-electron chi connectivity index (χ2n) is 7.83. The van der Waals surface area contributed by atoms with Gasteiger partial charge >= 0.3 is 0 Å². The molecule has 2 aromatic heterocycles. The second kappa shape index (κ2) is 8.76. The number of nitrogens with zero attached hydrogens (tertiary/aromatic N) is 5. The van der Waals surface area contributed by atoms with Crippen LogP contribution in [0, 0.1) is 13.8 Å². The Morgan fingerprint density at radius 2 is 1.91 bits per heavy atom. The summed E-state index contributed by atoms with van der Waals surface area (Å²) in [6, 6.07) is 13.9. The van der Waals surface area contributed by atoms with E-state index in [2.05, 4.69) is 49.8 Å². The lowest BCUT2D eigenvalue weighted by molar-refractivity contribution is 0.122. The summed E-state index contributed by atoms with van der Waals surface area (Å²) < 4.78 is 7.58. The summed E-state index contributed by atoms with van der Waals surface area (Å²) in [4.78, 5) is 22.4. The molecule has 32 heavy (non-hydrogen) atoms. The lowest BCUT2D eigenvalue weighted by atomic mass is 10.1. The number of aromatic amines is 1. The molecule has 1 N–H and O–H groups in total. The highest BCUT2D eigenvalue weighted by Crippen LogP contribution is 2.29. The monoisotopic (exact) mass is 448 g/mol. The fourth-order valence-electron chi connectivity index (χ4n) is 3.87. The van der Waals surface area contributed by atoms with Crippen LogP contribution >= 0.6 is 11.8 Å². The molecule has 1 aliphatic heterocycles. The van der Waals surface area contributed by atoms with Gasteiger partial charge in [0.1, 0.15) is 5.82 Å². The minimum Gasteiger partial charge on any atom is -0.378 e. The second-order valence-corrected chi connectivity index (χ2v) is 8.77. The quantitative estimate of drug-likeness (QED) is 0.469. The Bertz CT molecular complexity index is 1330. The van der Waals surface area contributed by atoms with E-state index < -0.39 is 0 Å². The maximum atomic E-state index is 12.5. The molecule has 0 bridgehead atoms. The molecule has 0 spiro atoms. The molecule has 3 heterocycles. The molecular formula is C23H24N6O2S. The normalized spacial score (nSPS) is 14.2. The number of thioether (sulfide) groups is 1. The zero-order valence-corrected chi connectivity index (χ0v) is 18.9. The van der Waals surface area contributed by atoms with Crippen LogP contribution in [0.15, 0.2) is 52.4 Å². The van der Waals surface area contributed by atoms with E-state index in [-0.39, 0.29) is 5.56 Å². The predicted molar refractivity (Wildman–Crippen MR) is 126 cm³/mol. The molecule has 0 unspecified atom stereocenters. The third-order valence-corrected chi connectivity index (χ3v) is 6.44. The Hall–Kier alpha value is -3.17. The van der Waals surface area contributed by atoms with Crippen molar-refractivity contribution in [3.05, 3.63) is 69.8 Å². The van der Waals surface area contributed by atoms with Crippen LogP contribution in [-0.2, 0) is 10.5 Å². The summed E-state index contributed by atoms with van der Waals surface area (Å²) in [6.07, 6.45) is 0. The van der Waals surface area contributed by atoms with Gasteiger partial charge in [-0.05, 0) is 43.2 Å². The zero-order valence-electron chi connectivity index (χ0n) is 18.0. The van der Waals surface area contributed by atoms with Gasteiger partial charge < -0.3 is 14.6 Å². The van der Waals surface area contributed by atoms with Gasteiger partial charge in [-0.3, -0.25) is 9.36 Å². The fourth-order valence-corrected chi connectivity index (χ4v) is 4.69. The summed E-state index contributed by atoms with van der Waals surface area (Å²) in [5.41, 5.74) is 3.77. The number of morpholine rings is 1. The molecule has 8 nitrogen and oxygen atoms in total. The Morgan fingerprint density at radius 3 is 2.72 bits per heavy atom. The first-order valence-corrected chi connectivity index (χ1v) is 11.6. The van der Waals surface area contributed by atoms with Crippen LogP contribution in [0.5, 0.6) is 0 Å². The van der Waals surface area contributed by atoms with Gasteiger partial charge in [0.15, 0.2) is 5.16 Å². The third kappa shape index (κ3) is 4.01. The van der Waals surface area contributed by atoms with Crippen molar-refractivity contribution in [2.45, 2.75) is 24.8 Å². The predicted octanol–water partition coefficient (Wildman–Crippen LogP) is 3.25. The molecule has 9 heteroatoms. The molecule has 0 aliphatic carbocycles. The van der Waals surface area contributed by atoms with Crippen molar-refractivity contribution in [1.29, 1.82) is 0 Å². The van der Waals surface area contributed by atoms with Gasteiger partial charge in [-0.15, -0.1) is 10.2 Å². The molecular weight excluding hydrogens is 424 g/mol. The topological polar surface area (TPSA) is 88.9 Å². The molecule has 0 radical (unpaired) electrons. The molecule has 1 aliphatic rings. The molecule has 1 fully saturated rings. The van der Waals surface area contributed by atoms with Gasteiger partial charge in [0, 0.05) is 13.1 Å². The summed E-state index contributed by atoms with van der Waals surface area (Å²) in [7, 11) is 0. The van der Waals surface area contributed by atoms with Gasteiger partial charge in [0.05, 0.1) is 35.6 Å². The summed E-state index contributed by atoms with van der Waals surface area (Å²) in [5, 5.41) is 10.4. The average molecular weight is 449 g/mol. The number of hydrogen-bond donors (Lipinski definition) is 1. The first-order valence-electron chi connectivity index (χ1n) is 10.6. The highest BCUT2D eigenvalue weighted by atomic mass is 32.2. The molecule has 2 aromatic carbocycles. The van der Waals surface area contributed by atoms with E-state index in [0.717, 1.165) is 46.5 Å². The van der Waals surface area contributed by atoms with Crippen LogP contribution < -0.4 is 10.5 Å². The number of rotatable bonds is 5. The van der Waals surface area contributed by atoms with E-state index in [9.17, 15) is 4.79 Å². The Morgan fingerprint density at radius 1 is 1.09 bits per heavy atom. The van der Waals surface area contributed by atoms with Crippen molar-refractivity contribution in [2.75, 3.05) is 31.2 Å². The van der Waals surface area contributed by atoms with Crippen molar-refractivity contribution in [2.24, 2.45) is 0 Å². The van der Waals surface area contributed by atoms with E-state index in [1.807, 2.05) is 25.1 Å². The Kier molecular flexibility index (Phi) is 5.67. The molecule has 0 saturated carbocycles. The largest absolute Gasteiger partial charge is 0.378 e. The number of aromatic nitrogens is 5. The van der Waals surface area contributed by atoms with Gasteiger partial charge in [0.2, 0.25) is 5.95 Å². The van der Waals surface area contributed by atoms with Gasteiger partial charge in [-0.2, -0.15) is 0 Å². The standard InChI is InChI=1S/C23H24N6O2S/c1-15-5-3-7-17(13-15)29-22(28-9-11-31-12-10-28)26-27-23(29)32-14-19-24-20-16(2)6-4-8-18(20)21(30)25-19/h3-8,13H,9-12,14H2,1-2H3,(H,24,25,30). The average Bonchev–Trinajstić information content (AvgIpc) is 3.23. The number of nitrogens with one attached hydrogen (secondary N) is 1. The molecule has 4 aromatic rings. The van der Waals surface area contributed by atoms with Crippen LogP contribution in [0.3, 0.4) is 0 Å². The minimum atomic E-state index is -0.122. The van der Waals surface area contributed by atoms with Crippen LogP contribution in [0.25, 0.3) is 16.6 Å². The molecule has 164 valence electrons. The molecule has 1 saturated heterocycles. The lowest BCUT2D eigenvalue weighted by Crippen LogP contribution is -2.37. The number of hydrogen-bond acceptors (Lipinski definition) is 7. The van der Waals surface area contributed by atoms with Crippen molar-refractivity contribution >= 4 is 28.6 Å². The molecule has 0 atom stereocenters. The Labute approximate surface area is 189 Å². The van der Waals surface area contributed by atoms with Crippen LogP contribution in [0.2, 0.25) is 0 Å². The highest BCUT2D eigenvalue weighted by molar-refractivity contribution is 7.98. The van der Waals surface area contributed by atoms with Gasteiger partial charge in [-0.25, -0.2) is 4.98 Å². The van der Waals surface area contributed by atoms with Crippen LogP contribution in [0.4, 0.5) is 5.95 Å². The van der Waals surface area contributed by atoms with E-state index in [0.29, 0.717) is 30.2 Å². The van der Waals surface area contributed by atoms with Gasteiger partial charge in [-0.1, -0.05) is 36.0 Å². The van der Waals surface area contributed by atoms with Crippen molar-refractivity contribution in [3.63, 3.8) is 0 Å². The van der Waals surface area contributed by atoms with E-state index in [4.69, 9.17) is 9.72 Å². The minimum absolute atomic E-state index is 0.122. The van der Waals surface area contributed by atoms with E-state index in [1.165, 1.54) is 11.8 Å². The Balaban J connectivity index is 1.50. The number of fused-ring (bicyclic) bond motifs is 1. The van der Waals surface area contributed by atoms with Crippen LogP contribution in [-0.4, -0.2) is 51.0 Å². The van der Waals surface area contributed by atoms with Crippen molar-refractivity contribution < 1.29 is 4.74 Å². The van der Waals surface area contributed by atoms with Crippen LogP contribution in [0.1, 0.15) is 17.0 Å². The number of benzene rings is 2. The number of para-hydroxylation sites is 1. The lowest BCUT2D eigenvalue weighted by Gasteiger charge is -2.28. The van der Waals surface area contributed by atoms with E-state index >= 15 is 0 Å². The molecule has 0 amide bonds. The van der Waals surface area contributed by atoms with E-state index in [1.54, 1.807) is 6.07 Å². The number of H-pyrrole nitrogens is 1. The van der Waals surface area contributed by atoms with Crippen molar-refractivity contribution in [1.82, 2.24) is 24.7 Å². The SMILES string of the molecule is Cc1cccc(-n2c(SCc3nc4c(C)cccc4c(=O)[nH]3)nnc2N2CCOCC2)c1. The third-order valence-electron chi connectivity index (χ3n) is 5.50. The summed E-state index contributed by atoms with van der Waals surface area (Å²) >= 11 is 1.51. The maximum absolute atomic E-state index is 12.5.